The lowest BCUT2D eigenvalue weighted by atomic mass is 9.87. The van der Waals surface area contributed by atoms with E-state index in [1.54, 1.807) is 12.1 Å². The van der Waals surface area contributed by atoms with Crippen LogP contribution in [0.15, 0.2) is 54.6 Å². The van der Waals surface area contributed by atoms with Gasteiger partial charge in [-0.05, 0) is 40.8 Å². The van der Waals surface area contributed by atoms with Gasteiger partial charge in [-0.3, -0.25) is 0 Å². The highest BCUT2D eigenvalue weighted by Gasteiger charge is 2.13. The third-order valence-electron chi connectivity index (χ3n) is 3.24. The van der Waals surface area contributed by atoms with Gasteiger partial charge in [0.25, 0.3) is 0 Å². The van der Waals surface area contributed by atoms with Gasteiger partial charge >= 0.3 is 5.97 Å². The lowest BCUT2D eigenvalue weighted by Gasteiger charge is -2.18. The van der Waals surface area contributed by atoms with Gasteiger partial charge in [-0.25, -0.2) is 4.79 Å². The molecule has 3 heteroatoms. The van der Waals surface area contributed by atoms with Gasteiger partial charge in [0.15, 0.2) is 0 Å². The van der Waals surface area contributed by atoms with Gasteiger partial charge in [-0.1, -0.05) is 62.7 Å². The third-order valence-corrected chi connectivity index (χ3v) is 3.59. The quantitative estimate of drug-likeness (QED) is 0.439. The minimum absolute atomic E-state index is 0.0759. The van der Waals surface area contributed by atoms with Gasteiger partial charge in [0.1, 0.15) is 5.75 Å². The molecule has 0 bridgehead atoms. The smallest absolute Gasteiger partial charge is 0.336 e. The first-order valence-electron chi connectivity index (χ1n) is 7.11. The van der Waals surface area contributed by atoms with Crippen LogP contribution in [0.3, 0.4) is 0 Å². The fourth-order valence-electron chi connectivity index (χ4n) is 1.94. The van der Waals surface area contributed by atoms with Gasteiger partial charge in [0, 0.05) is 11.1 Å². The van der Waals surface area contributed by atoms with Crippen molar-refractivity contribution >= 4 is 23.6 Å². The molecule has 0 aliphatic rings. The van der Waals surface area contributed by atoms with Crippen molar-refractivity contribution in [3.8, 4) is 5.75 Å². The van der Waals surface area contributed by atoms with Crippen molar-refractivity contribution in [3.63, 3.8) is 0 Å². The summed E-state index contributed by atoms with van der Waals surface area (Å²) in [4.78, 5) is 11.8. The van der Waals surface area contributed by atoms with Crippen LogP contribution in [0.25, 0.3) is 6.08 Å². The van der Waals surface area contributed by atoms with Crippen LogP contribution in [-0.4, -0.2) is 5.97 Å². The standard InChI is InChI=1S/C19H19ClO2/c1-19(2,3)15-9-11-16(12-10-15)22-18(21)13-8-14-6-4-5-7-17(14)20/h4-13H,1-3H3/b13-8+. The molecule has 0 aliphatic carbocycles. The molecule has 114 valence electrons. The van der Waals surface area contributed by atoms with Crippen molar-refractivity contribution in [3.05, 3.63) is 70.8 Å². The summed E-state index contributed by atoms with van der Waals surface area (Å²) >= 11 is 6.02. The van der Waals surface area contributed by atoms with Crippen LogP contribution in [0.2, 0.25) is 5.02 Å². The number of rotatable bonds is 3. The van der Waals surface area contributed by atoms with Crippen molar-refractivity contribution in [1.29, 1.82) is 0 Å². The fourth-order valence-corrected chi connectivity index (χ4v) is 2.14. The van der Waals surface area contributed by atoms with Crippen LogP contribution in [0.5, 0.6) is 5.75 Å². The number of hydrogen-bond acceptors (Lipinski definition) is 2. The van der Waals surface area contributed by atoms with Gasteiger partial charge < -0.3 is 4.74 Å². The van der Waals surface area contributed by atoms with E-state index < -0.39 is 5.97 Å². The molecule has 2 aromatic carbocycles. The Morgan fingerprint density at radius 3 is 2.27 bits per heavy atom. The number of ether oxygens (including phenoxy) is 1. The van der Waals surface area contributed by atoms with Crippen LogP contribution < -0.4 is 4.74 Å². The number of benzene rings is 2. The molecule has 0 aromatic heterocycles. The molecule has 0 saturated carbocycles. The second-order valence-corrected chi connectivity index (χ2v) is 6.46. The minimum atomic E-state index is -0.427. The highest BCUT2D eigenvalue weighted by Crippen LogP contribution is 2.24. The van der Waals surface area contributed by atoms with E-state index in [4.69, 9.17) is 16.3 Å². The van der Waals surface area contributed by atoms with E-state index in [0.717, 1.165) is 5.56 Å². The zero-order chi connectivity index (χ0) is 16.2. The number of hydrogen-bond donors (Lipinski definition) is 0. The van der Waals surface area contributed by atoms with Gasteiger partial charge in [0.2, 0.25) is 0 Å². The molecule has 0 N–H and O–H groups in total. The van der Waals surface area contributed by atoms with E-state index in [1.165, 1.54) is 11.6 Å². The van der Waals surface area contributed by atoms with Crippen LogP contribution in [-0.2, 0) is 10.2 Å². The maximum Gasteiger partial charge on any atom is 0.336 e. The molecule has 0 amide bonds. The van der Waals surface area contributed by atoms with Crippen molar-refractivity contribution in [1.82, 2.24) is 0 Å². The minimum Gasteiger partial charge on any atom is -0.423 e. The molecule has 0 heterocycles. The van der Waals surface area contributed by atoms with Crippen molar-refractivity contribution in [2.45, 2.75) is 26.2 Å². The molecule has 0 unspecified atom stereocenters. The molecule has 2 nitrogen and oxygen atoms in total. The summed E-state index contributed by atoms with van der Waals surface area (Å²) in [7, 11) is 0. The normalized spacial score (nSPS) is 11.6. The largest absolute Gasteiger partial charge is 0.423 e. The average Bonchev–Trinajstić information content (AvgIpc) is 2.46. The number of halogens is 1. The predicted octanol–water partition coefficient (Wildman–Crippen LogP) is 5.26. The topological polar surface area (TPSA) is 26.3 Å². The Kier molecular flexibility index (Phi) is 5.04. The summed E-state index contributed by atoms with van der Waals surface area (Å²) in [6.45, 7) is 6.42. The van der Waals surface area contributed by atoms with Crippen LogP contribution >= 0.6 is 11.6 Å². The molecule has 0 spiro atoms. The highest BCUT2D eigenvalue weighted by atomic mass is 35.5. The molecule has 0 saturated heterocycles. The lowest BCUT2D eigenvalue weighted by molar-refractivity contribution is -0.128. The van der Waals surface area contributed by atoms with Crippen LogP contribution in [0.1, 0.15) is 31.9 Å². The van der Waals surface area contributed by atoms with Crippen LogP contribution in [0, 0.1) is 0 Å². The summed E-state index contributed by atoms with van der Waals surface area (Å²) in [5.41, 5.74) is 2.05. The lowest BCUT2D eigenvalue weighted by Crippen LogP contribution is -2.11. The predicted molar refractivity (Wildman–Crippen MR) is 91.3 cm³/mol. The van der Waals surface area contributed by atoms with E-state index in [0.29, 0.717) is 10.8 Å². The Bertz CT molecular complexity index is 679. The zero-order valence-corrected chi connectivity index (χ0v) is 13.7. The summed E-state index contributed by atoms with van der Waals surface area (Å²) in [6, 6.07) is 14.9. The van der Waals surface area contributed by atoms with E-state index in [2.05, 4.69) is 20.8 Å². The molecular weight excluding hydrogens is 296 g/mol. The summed E-state index contributed by atoms with van der Waals surface area (Å²) in [6.07, 6.45) is 3.02. The highest BCUT2D eigenvalue weighted by molar-refractivity contribution is 6.32. The van der Waals surface area contributed by atoms with E-state index in [9.17, 15) is 4.79 Å². The number of esters is 1. The Morgan fingerprint density at radius 2 is 1.68 bits per heavy atom. The summed E-state index contributed by atoms with van der Waals surface area (Å²) in [5.74, 6) is 0.102. The number of carbonyl (C=O) groups is 1. The first-order valence-corrected chi connectivity index (χ1v) is 7.49. The Labute approximate surface area is 136 Å². The summed E-state index contributed by atoms with van der Waals surface area (Å²) < 4.78 is 5.27. The zero-order valence-electron chi connectivity index (χ0n) is 13.0. The van der Waals surface area contributed by atoms with E-state index in [1.807, 2.05) is 42.5 Å². The molecule has 0 atom stereocenters. The SMILES string of the molecule is CC(C)(C)c1ccc(OC(=O)/C=C/c2ccccc2Cl)cc1. The molecular formula is C19H19ClO2. The van der Waals surface area contributed by atoms with Crippen molar-refractivity contribution in [2.24, 2.45) is 0 Å². The molecule has 0 aliphatic heterocycles. The third kappa shape index (κ3) is 4.47. The maximum atomic E-state index is 11.8. The molecule has 0 radical (unpaired) electrons. The van der Waals surface area contributed by atoms with E-state index >= 15 is 0 Å². The average molecular weight is 315 g/mol. The number of carbonyl (C=O) groups excluding carboxylic acids is 1. The fraction of sp³-hybridized carbons (Fsp3) is 0.211. The second kappa shape index (κ2) is 6.80. The first-order chi connectivity index (χ1) is 10.4. The molecule has 2 aromatic rings. The van der Waals surface area contributed by atoms with Crippen molar-refractivity contribution in [2.75, 3.05) is 0 Å². The Hall–Kier alpha value is -2.06. The maximum absolute atomic E-state index is 11.8. The van der Waals surface area contributed by atoms with Crippen molar-refractivity contribution < 1.29 is 9.53 Å². The molecule has 22 heavy (non-hydrogen) atoms. The van der Waals surface area contributed by atoms with E-state index in [-0.39, 0.29) is 5.41 Å². The first kappa shape index (κ1) is 16.3. The van der Waals surface area contributed by atoms with Gasteiger partial charge in [-0.15, -0.1) is 0 Å². The van der Waals surface area contributed by atoms with Gasteiger partial charge in [-0.2, -0.15) is 0 Å². The monoisotopic (exact) mass is 314 g/mol. The Morgan fingerprint density at radius 1 is 1.05 bits per heavy atom. The van der Waals surface area contributed by atoms with Crippen LogP contribution in [0.4, 0.5) is 0 Å². The second-order valence-electron chi connectivity index (χ2n) is 6.05. The molecule has 0 fully saturated rings. The van der Waals surface area contributed by atoms with Gasteiger partial charge in [0.05, 0.1) is 0 Å². The summed E-state index contributed by atoms with van der Waals surface area (Å²) in [5, 5.41) is 0.598. The Balaban J connectivity index is 2.02. The molecule has 2 rings (SSSR count).